The molecule has 4 aromatic rings. The van der Waals surface area contributed by atoms with Crippen LogP contribution in [-0.4, -0.2) is 26.4 Å². The summed E-state index contributed by atoms with van der Waals surface area (Å²) in [6.45, 7) is 0.0689. The van der Waals surface area contributed by atoms with Gasteiger partial charge >= 0.3 is 0 Å². The molecule has 1 atom stereocenters. The third-order valence-electron chi connectivity index (χ3n) is 5.41. The third-order valence-corrected chi connectivity index (χ3v) is 10.2. The minimum atomic E-state index is -3.92. The molecule has 1 unspecified atom stereocenters. The molecular weight excluding hydrogens is 551 g/mol. The standard InChI is InChI=1S/C24H19Cl3N2O4S2/c25-19-5-1-17(2-6-19)15-34(30,31)20-7-3-18(4-8-20)24(14-29-12-11-28-16-29)35(32,33)21-9-10-22(26)23(27)13-21/h1-13,16,24H,14-15H2. The number of rotatable bonds is 8. The molecule has 0 aliphatic carbocycles. The molecule has 6 nitrogen and oxygen atoms in total. The Kier molecular flexibility index (Phi) is 7.59. The molecule has 0 fully saturated rings. The van der Waals surface area contributed by atoms with Gasteiger partial charge in [0.15, 0.2) is 19.7 Å². The number of halogens is 3. The lowest BCUT2D eigenvalue weighted by molar-refractivity contribution is 0.562. The van der Waals surface area contributed by atoms with E-state index in [4.69, 9.17) is 34.8 Å². The Labute approximate surface area is 218 Å². The maximum Gasteiger partial charge on any atom is 0.187 e. The van der Waals surface area contributed by atoms with Crippen LogP contribution in [0, 0.1) is 0 Å². The smallest absolute Gasteiger partial charge is 0.187 e. The van der Waals surface area contributed by atoms with Crippen molar-refractivity contribution >= 4 is 54.5 Å². The maximum absolute atomic E-state index is 13.6. The number of hydrogen-bond donors (Lipinski definition) is 0. The van der Waals surface area contributed by atoms with Gasteiger partial charge in [0.05, 0.1) is 31.9 Å². The highest BCUT2D eigenvalue weighted by Crippen LogP contribution is 2.34. The number of aromatic nitrogens is 2. The summed E-state index contributed by atoms with van der Waals surface area (Å²) in [6, 6.07) is 16.6. The molecule has 1 heterocycles. The molecule has 0 bridgehead atoms. The van der Waals surface area contributed by atoms with Crippen molar-refractivity contribution in [3.8, 4) is 0 Å². The maximum atomic E-state index is 13.6. The summed E-state index contributed by atoms with van der Waals surface area (Å²) in [5.74, 6) is -0.205. The Hall–Kier alpha value is -2.36. The molecule has 0 spiro atoms. The van der Waals surface area contributed by atoms with Gasteiger partial charge in [-0.2, -0.15) is 0 Å². The second-order valence-electron chi connectivity index (χ2n) is 7.82. The molecule has 35 heavy (non-hydrogen) atoms. The van der Waals surface area contributed by atoms with Gasteiger partial charge in [0.1, 0.15) is 5.25 Å². The first-order chi connectivity index (χ1) is 16.6. The highest BCUT2D eigenvalue weighted by atomic mass is 35.5. The zero-order valence-corrected chi connectivity index (χ0v) is 22.0. The first-order valence-electron chi connectivity index (χ1n) is 10.3. The molecule has 0 amide bonds. The van der Waals surface area contributed by atoms with Crippen LogP contribution in [0.5, 0.6) is 0 Å². The number of nitrogens with zero attached hydrogens (tertiary/aromatic N) is 2. The third kappa shape index (κ3) is 5.90. The zero-order valence-electron chi connectivity index (χ0n) is 18.1. The van der Waals surface area contributed by atoms with Gasteiger partial charge in [-0.15, -0.1) is 0 Å². The number of hydrogen-bond acceptors (Lipinski definition) is 5. The van der Waals surface area contributed by atoms with Gasteiger partial charge in [-0.1, -0.05) is 59.1 Å². The Morgan fingerprint density at radius 1 is 0.800 bits per heavy atom. The van der Waals surface area contributed by atoms with E-state index >= 15 is 0 Å². The summed E-state index contributed by atoms with van der Waals surface area (Å²) >= 11 is 17.9. The summed E-state index contributed by atoms with van der Waals surface area (Å²) in [5.41, 5.74) is 1.02. The lowest BCUT2D eigenvalue weighted by Crippen LogP contribution is -2.19. The van der Waals surface area contributed by atoms with Crippen molar-refractivity contribution in [3.05, 3.63) is 112 Å². The van der Waals surface area contributed by atoms with Gasteiger partial charge < -0.3 is 4.57 Å². The largest absolute Gasteiger partial charge is 0.336 e. The molecule has 0 radical (unpaired) electrons. The van der Waals surface area contributed by atoms with Gasteiger partial charge in [-0.05, 0) is 53.6 Å². The number of sulfone groups is 2. The van der Waals surface area contributed by atoms with E-state index in [0.29, 0.717) is 16.1 Å². The molecular formula is C24H19Cl3N2O4S2. The quantitative estimate of drug-likeness (QED) is 0.258. The molecule has 1 aromatic heterocycles. The summed E-state index contributed by atoms with van der Waals surface area (Å²) in [5, 5.41) is -0.144. The first-order valence-corrected chi connectivity index (χ1v) is 14.6. The van der Waals surface area contributed by atoms with E-state index in [-0.39, 0.29) is 32.1 Å². The van der Waals surface area contributed by atoms with Crippen LogP contribution < -0.4 is 0 Å². The van der Waals surface area contributed by atoms with Gasteiger partial charge in [-0.25, -0.2) is 21.8 Å². The molecule has 0 saturated heterocycles. The number of imidazole rings is 1. The predicted octanol–water partition coefficient (Wildman–Crippen LogP) is 6.03. The molecule has 0 aliphatic rings. The highest BCUT2D eigenvalue weighted by Gasteiger charge is 2.30. The molecule has 0 N–H and O–H groups in total. The second-order valence-corrected chi connectivity index (χ2v) is 13.2. The van der Waals surface area contributed by atoms with Crippen LogP contribution in [-0.2, 0) is 32.0 Å². The van der Waals surface area contributed by atoms with Crippen LogP contribution >= 0.6 is 34.8 Å². The van der Waals surface area contributed by atoms with Crippen molar-refractivity contribution in [1.82, 2.24) is 9.55 Å². The average Bonchev–Trinajstić information content (AvgIpc) is 3.34. The van der Waals surface area contributed by atoms with E-state index in [2.05, 4.69) is 4.98 Å². The Balaban J connectivity index is 1.68. The summed E-state index contributed by atoms with van der Waals surface area (Å²) in [4.78, 5) is 4.08. The highest BCUT2D eigenvalue weighted by molar-refractivity contribution is 7.91. The Bertz CT molecular complexity index is 1540. The van der Waals surface area contributed by atoms with E-state index in [1.165, 1.54) is 48.8 Å². The Morgan fingerprint density at radius 3 is 2.06 bits per heavy atom. The van der Waals surface area contributed by atoms with Gasteiger partial charge in [-0.3, -0.25) is 0 Å². The summed E-state index contributed by atoms with van der Waals surface area (Å²) in [6.07, 6.45) is 4.72. The van der Waals surface area contributed by atoms with Crippen molar-refractivity contribution in [2.24, 2.45) is 0 Å². The zero-order chi connectivity index (χ0) is 25.2. The topological polar surface area (TPSA) is 86.1 Å². The van der Waals surface area contributed by atoms with E-state index in [9.17, 15) is 16.8 Å². The molecule has 0 saturated carbocycles. The van der Waals surface area contributed by atoms with Crippen LogP contribution in [0.4, 0.5) is 0 Å². The van der Waals surface area contributed by atoms with Crippen molar-refractivity contribution in [1.29, 1.82) is 0 Å². The molecule has 4 rings (SSSR count). The average molecular weight is 570 g/mol. The number of benzene rings is 3. The van der Waals surface area contributed by atoms with Gasteiger partial charge in [0.25, 0.3) is 0 Å². The molecule has 182 valence electrons. The van der Waals surface area contributed by atoms with Crippen molar-refractivity contribution in [2.75, 3.05) is 0 Å². The lowest BCUT2D eigenvalue weighted by atomic mass is 10.1. The van der Waals surface area contributed by atoms with Crippen molar-refractivity contribution in [3.63, 3.8) is 0 Å². The summed E-state index contributed by atoms with van der Waals surface area (Å²) in [7, 11) is -7.58. The second kappa shape index (κ2) is 10.3. The van der Waals surface area contributed by atoms with E-state index in [1.807, 2.05) is 0 Å². The molecule has 3 aromatic carbocycles. The fraction of sp³-hybridized carbons (Fsp3) is 0.125. The Morgan fingerprint density at radius 2 is 1.46 bits per heavy atom. The van der Waals surface area contributed by atoms with E-state index < -0.39 is 24.9 Å². The fourth-order valence-electron chi connectivity index (χ4n) is 3.56. The monoisotopic (exact) mass is 568 g/mol. The molecule has 11 heteroatoms. The minimum Gasteiger partial charge on any atom is -0.336 e. The van der Waals surface area contributed by atoms with Crippen molar-refractivity contribution < 1.29 is 16.8 Å². The van der Waals surface area contributed by atoms with Crippen LogP contribution in [0.25, 0.3) is 0 Å². The summed E-state index contributed by atoms with van der Waals surface area (Å²) < 4.78 is 54.7. The SMILES string of the molecule is O=S(=O)(Cc1ccc(Cl)cc1)c1ccc(C(Cn2ccnc2)S(=O)(=O)c2ccc(Cl)c(Cl)c2)cc1. The predicted molar refractivity (Wildman–Crippen MR) is 137 cm³/mol. The van der Waals surface area contributed by atoms with Crippen molar-refractivity contribution in [2.45, 2.75) is 27.3 Å². The van der Waals surface area contributed by atoms with Crippen LogP contribution in [0.15, 0.2) is 95.2 Å². The van der Waals surface area contributed by atoms with Crippen LogP contribution in [0.2, 0.25) is 15.1 Å². The lowest BCUT2D eigenvalue weighted by Gasteiger charge is -2.20. The first kappa shape index (κ1) is 25.7. The van der Waals surface area contributed by atoms with Crippen LogP contribution in [0.3, 0.4) is 0 Å². The van der Waals surface area contributed by atoms with Gasteiger partial charge in [0.2, 0.25) is 0 Å². The van der Waals surface area contributed by atoms with Crippen LogP contribution in [0.1, 0.15) is 16.4 Å². The normalized spacial score (nSPS) is 13.0. The molecule has 0 aliphatic heterocycles. The van der Waals surface area contributed by atoms with E-state index in [0.717, 1.165) is 0 Å². The van der Waals surface area contributed by atoms with Gasteiger partial charge in [0, 0.05) is 24.0 Å². The minimum absolute atomic E-state index is 0.0106. The van der Waals surface area contributed by atoms with E-state index in [1.54, 1.807) is 41.2 Å². The fourth-order valence-corrected chi connectivity index (χ4v) is 7.15.